The minimum Gasteiger partial charge on any atom is -0.444 e. The molecule has 0 bridgehead atoms. The van der Waals surface area contributed by atoms with E-state index in [0.717, 1.165) is 32.1 Å². The van der Waals surface area contributed by atoms with Crippen molar-refractivity contribution in [1.29, 1.82) is 0 Å². The highest BCUT2D eigenvalue weighted by atomic mass is 16.6. The molecule has 25 heavy (non-hydrogen) atoms. The third-order valence-electron chi connectivity index (χ3n) is 5.45. The molecule has 6 heteroatoms. The fraction of sp³-hybridized carbons (Fsp3) is 0.895. The lowest BCUT2D eigenvalue weighted by Crippen LogP contribution is -2.58. The van der Waals surface area contributed by atoms with Crippen molar-refractivity contribution in [1.82, 2.24) is 10.2 Å². The average Bonchev–Trinajstić information content (AvgIpc) is 2.47. The number of ether oxygens (including phenoxy) is 1. The van der Waals surface area contributed by atoms with E-state index in [-0.39, 0.29) is 23.3 Å². The van der Waals surface area contributed by atoms with Gasteiger partial charge < -0.3 is 20.7 Å². The van der Waals surface area contributed by atoms with Crippen molar-refractivity contribution in [3.8, 4) is 0 Å². The number of carbonyl (C=O) groups excluding carboxylic acids is 2. The van der Waals surface area contributed by atoms with Crippen LogP contribution in [0.4, 0.5) is 4.79 Å². The SMILES string of the molecule is CC(C)(C)OC(=O)N1CCC(NC2CCC(C(N)=O)CC2)C(C)(C)C1. The Hall–Kier alpha value is -1.30. The maximum Gasteiger partial charge on any atom is 0.410 e. The Morgan fingerprint density at radius 1 is 1.12 bits per heavy atom. The lowest BCUT2D eigenvalue weighted by Gasteiger charge is -2.46. The van der Waals surface area contributed by atoms with Crippen molar-refractivity contribution in [3.05, 3.63) is 0 Å². The Morgan fingerprint density at radius 3 is 2.20 bits per heavy atom. The first kappa shape index (κ1) is 20.0. The molecule has 2 aliphatic rings. The molecule has 1 heterocycles. The summed E-state index contributed by atoms with van der Waals surface area (Å²) < 4.78 is 5.51. The van der Waals surface area contributed by atoms with Crippen LogP contribution in [0, 0.1) is 11.3 Å². The molecule has 0 radical (unpaired) electrons. The molecule has 1 saturated carbocycles. The molecule has 6 nitrogen and oxygen atoms in total. The van der Waals surface area contributed by atoms with Crippen LogP contribution in [-0.2, 0) is 9.53 Å². The van der Waals surface area contributed by atoms with Gasteiger partial charge in [-0.2, -0.15) is 0 Å². The lowest BCUT2D eigenvalue weighted by atomic mass is 9.77. The number of amides is 2. The first-order chi connectivity index (χ1) is 11.5. The van der Waals surface area contributed by atoms with E-state index in [1.54, 1.807) is 0 Å². The molecule has 1 aliphatic heterocycles. The van der Waals surface area contributed by atoms with Gasteiger partial charge in [0.05, 0.1) is 0 Å². The Balaban J connectivity index is 1.87. The second-order valence-corrected chi connectivity index (χ2v) is 9.35. The van der Waals surface area contributed by atoms with Gasteiger partial charge in [0, 0.05) is 31.1 Å². The number of likely N-dealkylation sites (tertiary alicyclic amines) is 1. The molecule has 1 unspecified atom stereocenters. The topological polar surface area (TPSA) is 84.7 Å². The summed E-state index contributed by atoms with van der Waals surface area (Å²) in [6, 6.07) is 0.800. The minimum atomic E-state index is -0.463. The number of nitrogens with two attached hydrogens (primary N) is 1. The molecule has 3 N–H and O–H groups in total. The van der Waals surface area contributed by atoms with Gasteiger partial charge in [-0.1, -0.05) is 13.8 Å². The van der Waals surface area contributed by atoms with Crippen LogP contribution in [0.15, 0.2) is 0 Å². The van der Waals surface area contributed by atoms with E-state index in [4.69, 9.17) is 10.5 Å². The maximum atomic E-state index is 12.3. The summed E-state index contributed by atoms with van der Waals surface area (Å²) >= 11 is 0. The zero-order valence-electron chi connectivity index (χ0n) is 16.4. The van der Waals surface area contributed by atoms with Crippen LogP contribution in [0.1, 0.15) is 66.7 Å². The van der Waals surface area contributed by atoms with Crippen LogP contribution >= 0.6 is 0 Å². The summed E-state index contributed by atoms with van der Waals surface area (Å²) in [4.78, 5) is 25.5. The number of hydrogen-bond donors (Lipinski definition) is 2. The smallest absolute Gasteiger partial charge is 0.410 e. The van der Waals surface area contributed by atoms with Crippen molar-refractivity contribution in [3.63, 3.8) is 0 Å². The van der Waals surface area contributed by atoms with Gasteiger partial charge in [0.25, 0.3) is 0 Å². The van der Waals surface area contributed by atoms with Crippen LogP contribution in [0.5, 0.6) is 0 Å². The summed E-state index contributed by atoms with van der Waals surface area (Å²) in [6.45, 7) is 11.5. The predicted octanol–water partition coefficient (Wildman–Crippen LogP) is 2.66. The number of primary amides is 1. The normalized spacial score (nSPS) is 30.0. The van der Waals surface area contributed by atoms with E-state index in [1.807, 2.05) is 25.7 Å². The molecular weight excluding hydrogens is 318 g/mol. The standard InChI is InChI=1S/C19H35N3O3/c1-18(2,3)25-17(24)22-11-10-15(19(4,5)12-22)21-14-8-6-13(7-9-14)16(20)23/h13-15,21H,6-12H2,1-5H3,(H2,20,23). The molecule has 2 fully saturated rings. The lowest BCUT2D eigenvalue weighted by molar-refractivity contribution is -0.122. The number of hydrogen-bond acceptors (Lipinski definition) is 4. The van der Waals surface area contributed by atoms with Gasteiger partial charge in [0.2, 0.25) is 5.91 Å². The highest BCUT2D eigenvalue weighted by Gasteiger charge is 2.40. The Labute approximate surface area is 151 Å². The highest BCUT2D eigenvalue weighted by Crippen LogP contribution is 2.32. The fourth-order valence-electron chi connectivity index (χ4n) is 3.98. The summed E-state index contributed by atoms with van der Waals surface area (Å²) in [5.74, 6) is -0.121. The van der Waals surface area contributed by atoms with Gasteiger partial charge in [-0.25, -0.2) is 4.79 Å². The highest BCUT2D eigenvalue weighted by molar-refractivity contribution is 5.76. The van der Waals surface area contributed by atoms with E-state index >= 15 is 0 Å². The molecule has 144 valence electrons. The van der Waals surface area contributed by atoms with Crippen molar-refractivity contribution in [2.24, 2.45) is 17.1 Å². The van der Waals surface area contributed by atoms with E-state index in [9.17, 15) is 9.59 Å². The maximum absolute atomic E-state index is 12.3. The Morgan fingerprint density at radius 2 is 1.72 bits per heavy atom. The van der Waals surface area contributed by atoms with E-state index in [0.29, 0.717) is 25.2 Å². The van der Waals surface area contributed by atoms with Gasteiger partial charge in [0.1, 0.15) is 5.60 Å². The van der Waals surface area contributed by atoms with E-state index in [2.05, 4.69) is 19.2 Å². The van der Waals surface area contributed by atoms with Gasteiger partial charge >= 0.3 is 6.09 Å². The van der Waals surface area contributed by atoms with Crippen LogP contribution in [0.3, 0.4) is 0 Å². The molecular formula is C19H35N3O3. The second-order valence-electron chi connectivity index (χ2n) is 9.35. The first-order valence-electron chi connectivity index (χ1n) is 9.51. The molecule has 1 aliphatic carbocycles. The largest absolute Gasteiger partial charge is 0.444 e. The summed E-state index contributed by atoms with van der Waals surface area (Å²) in [6.07, 6.45) is 4.45. The summed E-state index contributed by atoms with van der Waals surface area (Å²) in [7, 11) is 0. The molecule has 1 saturated heterocycles. The van der Waals surface area contributed by atoms with Gasteiger partial charge in [0.15, 0.2) is 0 Å². The van der Waals surface area contributed by atoms with E-state index < -0.39 is 5.60 Å². The molecule has 0 aromatic rings. The van der Waals surface area contributed by atoms with Crippen LogP contribution in [0.25, 0.3) is 0 Å². The van der Waals surface area contributed by atoms with Crippen LogP contribution < -0.4 is 11.1 Å². The molecule has 1 atom stereocenters. The molecule has 2 rings (SSSR count). The Kier molecular flexibility index (Phi) is 6.02. The van der Waals surface area contributed by atoms with Crippen LogP contribution in [-0.4, -0.2) is 47.7 Å². The molecule has 0 spiro atoms. The van der Waals surface area contributed by atoms with Crippen molar-refractivity contribution in [2.45, 2.75) is 84.4 Å². The van der Waals surface area contributed by atoms with Crippen molar-refractivity contribution < 1.29 is 14.3 Å². The predicted molar refractivity (Wildman–Crippen MR) is 98.1 cm³/mol. The molecule has 0 aromatic heterocycles. The zero-order chi connectivity index (χ0) is 18.8. The number of rotatable bonds is 3. The quantitative estimate of drug-likeness (QED) is 0.817. The minimum absolute atomic E-state index is 0.0182. The first-order valence-corrected chi connectivity index (χ1v) is 9.51. The number of carbonyl (C=O) groups is 2. The van der Waals surface area contributed by atoms with Gasteiger partial charge in [-0.15, -0.1) is 0 Å². The molecule has 0 aromatic carbocycles. The summed E-state index contributed by atoms with van der Waals surface area (Å²) in [5, 5.41) is 3.78. The van der Waals surface area contributed by atoms with Gasteiger partial charge in [-0.3, -0.25) is 4.79 Å². The molecule has 2 amide bonds. The Bertz CT molecular complexity index is 491. The fourth-order valence-corrected chi connectivity index (χ4v) is 3.98. The zero-order valence-corrected chi connectivity index (χ0v) is 16.4. The van der Waals surface area contributed by atoms with E-state index in [1.165, 1.54) is 0 Å². The van der Waals surface area contributed by atoms with Crippen molar-refractivity contribution >= 4 is 12.0 Å². The summed E-state index contributed by atoms with van der Waals surface area (Å²) in [5.41, 5.74) is 4.94. The number of nitrogens with zero attached hydrogens (tertiary/aromatic N) is 1. The average molecular weight is 354 g/mol. The third-order valence-corrected chi connectivity index (χ3v) is 5.45. The number of nitrogens with one attached hydrogen (secondary N) is 1. The monoisotopic (exact) mass is 353 g/mol. The number of piperidine rings is 1. The van der Waals surface area contributed by atoms with Crippen LogP contribution in [0.2, 0.25) is 0 Å². The second kappa shape index (κ2) is 7.52. The third kappa shape index (κ3) is 5.59. The van der Waals surface area contributed by atoms with Gasteiger partial charge in [-0.05, 0) is 58.3 Å². The van der Waals surface area contributed by atoms with Crippen molar-refractivity contribution in [2.75, 3.05) is 13.1 Å².